The van der Waals surface area contributed by atoms with E-state index >= 15 is 0 Å². The van der Waals surface area contributed by atoms with Crippen molar-refractivity contribution in [3.63, 3.8) is 0 Å². The van der Waals surface area contributed by atoms with E-state index in [4.69, 9.17) is 11.6 Å². The number of nitrogens with zero attached hydrogens (tertiary/aromatic N) is 3. The number of aromatic nitrogens is 1. The fourth-order valence-corrected chi connectivity index (χ4v) is 6.31. The molecule has 4 rings (SSSR count). The highest BCUT2D eigenvalue weighted by Gasteiger charge is 2.43. The molecule has 188 valence electrons. The molecule has 0 radical (unpaired) electrons. The van der Waals surface area contributed by atoms with Crippen molar-refractivity contribution in [2.24, 2.45) is 0 Å². The number of halogens is 7. The predicted octanol–water partition coefficient (Wildman–Crippen LogP) is 5.44. The van der Waals surface area contributed by atoms with Crippen LogP contribution in [0, 0.1) is 0 Å². The fraction of sp³-hybridized carbons (Fsp3) is 0.286. The number of rotatable bonds is 4. The van der Waals surface area contributed by atoms with Gasteiger partial charge in [-0.1, -0.05) is 39.7 Å². The molecule has 1 aliphatic heterocycles. The van der Waals surface area contributed by atoms with E-state index in [0.29, 0.717) is 9.37 Å². The van der Waals surface area contributed by atoms with Gasteiger partial charge in [0.15, 0.2) is 0 Å². The maximum absolute atomic E-state index is 14.1. The maximum Gasteiger partial charge on any atom is 0.471 e. The van der Waals surface area contributed by atoms with Gasteiger partial charge in [-0.3, -0.25) is 4.79 Å². The minimum Gasteiger partial charge on any atom is -0.367 e. The molecule has 0 unspecified atom stereocenters. The molecule has 1 aliphatic rings. The highest BCUT2D eigenvalue weighted by molar-refractivity contribution is 9.10. The molecule has 3 aromatic rings. The normalized spacial score (nSPS) is 15.3. The molecule has 2 heterocycles. The molecule has 6 nitrogen and oxygen atoms in total. The maximum atomic E-state index is 14.1. The number of hydrogen-bond acceptors (Lipinski definition) is 4. The molecule has 0 spiro atoms. The zero-order valence-corrected chi connectivity index (χ0v) is 20.7. The van der Waals surface area contributed by atoms with E-state index in [9.17, 15) is 35.2 Å². The Labute approximate surface area is 210 Å². The van der Waals surface area contributed by atoms with Gasteiger partial charge < -0.3 is 9.80 Å². The molecule has 2 aromatic carbocycles. The molecule has 0 atom stereocenters. The monoisotopic (exact) mass is 599 g/mol. The summed E-state index contributed by atoms with van der Waals surface area (Å²) >= 11 is 9.33. The number of piperazine rings is 1. The van der Waals surface area contributed by atoms with Gasteiger partial charge in [-0.15, -0.1) is 0 Å². The second-order valence-corrected chi connectivity index (χ2v) is 10.8. The lowest BCUT2D eigenvalue weighted by Gasteiger charge is -2.36. The Hall–Kier alpha value is -2.38. The summed E-state index contributed by atoms with van der Waals surface area (Å²) in [6.07, 6.45) is -7.24. The van der Waals surface area contributed by atoms with Crippen LogP contribution in [0.1, 0.15) is 12.0 Å². The van der Waals surface area contributed by atoms with Crippen LogP contribution in [0.3, 0.4) is 0 Å². The molecule has 1 fully saturated rings. The third-order valence-electron chi connectivity index (χ3n) is 5.60. The van der Waals surface area contributed by atoms with Crippen LogP contribution >= 0.6 is 27.5 Å². The van der Waals surface area contributed by atoms with Crippen LogP contribution in [-0.2, 0) is 14.8 Å². The summed E-state index contributed by atoms with van der Waals surface area (Å²) in [6, 6.07) is 8.43. The number of hydrogen-bond donors (Lipinski definition) is 0. The third kappa shape index (κ3) is 4.73. The summed E-state index contributed by atoms with van der Waals surface area (Å²) in [5.74, 6) is -1.97. The van der Waals surface area contributed by atoms with Crippen LogP contribution in [0.2, 0.25) is 5.02 Å². The van der Waals surface area contributed by atoms with Gasteiger partial charge in [0.2, 0.25) is 0 Å². The van der Waals surface area contributed by atoms with E-state index in [0.717, 1.165) is 10.2 Å². The number of fused-ring (bicyclic) bond motifs is 1. The van der Waals surface area contributed by atoms with Gasteiger partial charge in [-0.2, -0.15) is 13.2 Å². The lowest BCUT2D eigenvalue weighted by molar-refractivity contribution is -0.185. The van der Waals surface area contributed by atoms with Crippen molar-refractivity contribution in [2.45, 2.75) is 17.5 Å². The van der Waals surface area contributed by atoms with Crippen molar-refractivity contribution >= 4 is 60.1 Å². The molecule has 0 bridgehead atoms. The molecule has 0 N–H and O–H groups in total. The molecule has 35 heavy (non-hydrogen) atoms. The number of amides is 1. The summed E-state index contributed by atoms with van der Waals surface area (Å²) in [5, 5.41) is -0.150. The van der Waals surface area contributed by atoms with Crippen LogP contribution in [0.15, 0.2) is 52.0 Å². The first-order chi connectivity index (χ1) is 16.3. The summed E-state index contributed by atoms with van der Waals surface area (Å²) in [5.41, 5.74) is -0.415. The predicted molar refractivity (Wildman–Crippen MR) is 123 cm³/mol. The number of carbonyl (C=O) groups is 1. The van der Waals surface area contributed by atoms with Crippen molar-refractivity contribution in [1.29, 1.82) is 0 Å². The van der Waals surface area contributed by atoms with E-state index < -0.39 is 34.1 Å². The smallest absolute Gasteiger partial charge is 0.367 e. The van der Waals surface area contributed by atoms with Gasteiger partial charge >= 0.3 is 12.1 Å². The van der Waals surface area contributed by atoms with Gasteiger partial charge in [0.05, 0.1) is 10.5 Å². The highest BCUT2D eigenvalue weighted by atomic mass is 79.9. The van der Waals surface area contributed by atoms with Crippen LogP contribution in [-0.4, -0.2) is 55.6 Å². The molecular formula is C21H16BrClF5N3O3S. The first kappa shape index (κ1) is 25.7. The van der Waals surface area contributed by atoms with Crippen LogP contribution in [0.4, 0.5) is 27.6 Å². The molecule has 0 aliphatic carbocycles. The lowest BCUT2D eigenvalue weighted by Crippen LogP contribution is -2.52. The standard InChI is InChI=1S/C21H16BrClF5N3O3S/c22-12-9-15(29-5-7-30(8-6-29)20(32)21(26,27)28)18-13(19(24)25)11-31(16(18)10-12)35(33,34)17-4-2-1-3-14(17)23/h1-4,9-11,19H,5-8H2. The zero-order valence-electron chi connectivity index (χ0n) is 17.6. The second-order valence-electron chi connectivity index (χ2n) is 7.71. The Kier molecular flexibility index (Phi) is 6.79. The van der Waals surface area contributed by atoms with Crippen molar-refractivity contribution < 1.29 is 35.2 Å². The Morgan fingerprint density at radius 3 is 2.26 bits per heavy atom. The van der Waals surface area contributed by atoms with E-state index in [1.807, 2.05) is 0 Å². The molecule has 1 saturated heterocycles. The molecule has 14 heteroatoms. The van der Waals surface area contributed by atoms with Gasteiger partial charge in [-0.25, -0.2) is 21.2 Å². The largest absolute Gasteiger partial charge is 0.471 e. The van der Waals surface area contributed by atoms with Crippen molar-refractivity contribution in [3.8, 4) is 0 Å². The van der Waals surface area contributed by atoms with Gasteiger partial charge in [0.1, 0.15) is 4.90 Å². The van der Waals surface area contributed by atoms with E-state index in [1.165, 1.54) is 36.4 Å². The number of anilines is 1. The van der Waals surface area contributed by atoms with Gasteiger partial charge in [0, 0.05) is 53.5 Å². The SMILES string of the molecule is O=C(N1CCN(c2cc(Br)cc3c2c(C(F)F)cn3S(=O)(=O)c2ccccc2Cl)CC1)C(F)(F)F. The Morgan fingerprint density at radius 1 is 1.06 bits per heavy atom. The highest BCUT2D eigenvalue weighted by Crippen LogP contribution is 2.41. The molecular weight excluding hydrogens is 585 g/mol. The number of benzene rings is 2. The van der Waals surface area contributed by atoms with Crippen LogP contribution in [0.5, 0.6) is 0 Å². The first-order valence-corrected chi connectivity index (χ1v) is 12.7. The Morgan fingerprint density at radius 2 is 1.69 bits per heavy atom. The van der Waals surface area contributed by atoms with Gasteiger partial charge in [0.25, 0.3) is 16.4 Å². The molecule has 1 amide bonds. The second kappa shape index (κ2) is 9.25. The van der Waals surface area contributed by atoms with E-state index in [1.54, 1.807) is 4.90 Å². The first-order valence-electron chi connectivity index (χ1n) is 10.1. The van der Waals surface area contributed by atoms with E-state index in [2.05, 4.69) is 15.9 Å². The lowest BCUT2D eigenvalue weighted by atomic mass is 10.1. The topological polar surface area (TPSA) is 62.6 Å². The Balaban J connectivity index is 1.82. The van der Waals surface area contributed by atoms with E-state index in [-0.39, 0.29) is 52.7 Å². The van der Waals surface area contributed by atoms with Gasteiger partial charge in [-0.05, 0) is 24.3 Å². The number of alkyl halides is 5. The summed E-state index contributed by atoms with van der Waals surface area (Å²) in [7, 11) is -4.38. The van der Waals surface area contributed by atoms with Crippen molar-refractivity contribution in [3.05, 3.63) is 57.7 Å². The molecule has 1 aromatic heterocycles. The van der Waals surface area contributed by atoms with Crippen molar-refractivity contribution in [1.82, 2.24) is 8.87 Å². The zero-order chi connectivity index (χ0) is 25.7. The minimum absolute atomic E-state index is 0.0570. The fourth-order valence-electron chi connectivity index (χ4n) is 4.01. The van der Waals surface area contributed by atoms with Crippen LogP contribution in [0.25, 0.3) is 10.9 Å². The van der Waals surface area contributed by atoms with Crippen LogP contribution < -0.4 is 4.90 Å². The average molecular weight is 601 g/mol. The minimum atomic E-state index is -5.02. The average Bonchev–Trinajstić information content (AvgIpc) is 3.18. The third-order valence-corrected chi connectivity index (χ3v) is 8.23. The van der Waals surface area contributed by atoms with Crippen molar-refractivity contribution in [2.75, 3.05) is 31.1 Å². The Bertz CT molecular complexity index is 1400. The molecule has 0 saturated carbocycles. The quantitative estimate of drug-likeness (QED) is 0.374. The number of carbonyl (C=O) groups excluding carboxylic acids is 1. The summed E-state index contributed by atoms with van der Waals surface area (Å²) < 4.78 is 94.3. The summed E-state index contributed by atoms with van der Waals surface area (Å²) in [6.45, 7) is -0.707. The summed E-state index contributed by atoms with van der Waals surface area (Å²) in [4.78, 5) is 13.5.